The average Bonchev–Trinajstić information content (AvgIpc) is 2.95. The lowest BCUT2D eigenvalue weighted by Crippen LogP contribution is -2.70. The molecule has 0 spiro atoms. The Labute approximate surface area is 220 Å². The van der Waals surface area contributed by atoms with Crippen LogP contribution in [-0.2, 0) is 25.5 Å². The summed E-state index contributed by atoms with van der Waals surface area (Å²) in [7, 11) is 0. The first kappa shape index (κ1) is 24.6. The molecule has 1 unspecified atom stereocenters. The van der Waals surface area contributed by atoms with Crippen molar-refractivity contribution in [2.24, 2.45) is 0 Å². The van der Waals surface area contributed by atoms with Gasteiger partial charge in [-0.3, -0.25) is 14.5 Å². The van der Waals surface area contributed by atoms with Crippen molar-refractivity contribution in [1.82, 2.24) is 10.2 Å². The first-order valence-corrected chi connectivity index (χ1v) is 13.1. The lowest BCUT2D eigenvalue weighted by Gasteiger charge is -2.49. The monoisotopic (exact) mass is 510 g/mol. The Bertz CT molecular complexity index is 1300. The first-order chi connectivity index (χ1) is 18.1. The van der Waals surface area contributed by atoms with Gasteiger partial charge in [0.15, 0.2) is 6.10 Å². The molecule has 3 aromatic rings. The number of nitrogens with one attached hydrogen (secondary N) is 1. The number of esters is 1. The highest BCUT2D eigenvalue weighted by Crippen LogP contribution is 2.41. The standard InChI is InChI=1S/C30H26N2O4S/c1-2-21-19-37-29-25(31-24(33)18-20-12-6-3-7-13-20)28(34)32(29)26(21)30(35)36-27(22-14-8-4-9-15-22)23-16-10-5-11-17-23/h2-17,25,27,29H,1,18-19H2,(H,31,33)/t25?,29-/m1/s1. The number of β-lactam (4-membered cyclic amide) rings is 1. The van der Waals surface area contributed by atoms with Crippen LogP contribution in [0.1, 0.15) is 22.8 Å². The van der Waals surface area contributed by atoms with Crippen LogP contribution in [0.4, 0.5) is 0 Å². The van der Waals surface area contributed by atoms with Gasteiger partial charge in [0.2, 0.25) is 5.91 Å². The summed E-state index contributed by atoms with van der Waals surface area (Å²) in [5, 5.41) is 2.46. The van der Waals surface area contributed by atoms with Gasteiger partial charge >= 0.3 is 5.97 Å². The van der Waals surface area contributed by atoms with E-state index in [1.807, 2.05) is 91.0 Å². The molecule has 2 aliphatic rings. The van der Waals surface area contributed by atoms with E-state index in [2.05, 4.69) is 11.9 Å². The Kier molecular flexibility index (Phi) is 7.23. The molecule has 0 radical (unpaired) electrons. The Morgan fingerprint density at radius 3 is 2.11 bits per heavy atom. The molecule has 1 saturated heterocycles. The zero-order valence-corrected chi connectivity index (χ0v) is 20.9. The molecule has 37 heavy (non-hydrogen) atoms. The fourth-order valence-electron chi connectivity index (χ4n) is 4.54. The molecule has 0 saturated carbocycles. The molecule has 2 amide bonds. The number of thioether (sulfide) groups is 1. The van der Waals surface area contributed by atoms with Gasteiger partial charge in [0.25, 0.3) is 5.91 Å². The summed E-state index contributed by atoms with van der Waals surface area (Å²) in [6.07, 6.45) is 1.13. The van der Waals surface area contributed by atoms with E-state index in [-0.39, 0.29) is 29.3 Å². The summed E-state index contributed by atoms with van der Waals surface area (Å²) in [6.45, 7) is 3.85. The number of carbonyl (C=O) groups excluding carboxylic acids is 3. The summed E-state index contributed by atoms with van der Waals surface area (Å²) in [6, 6.07) is 27.6. The normalized spacial score (nSPS) is 18.6. The largest absolute Gasteiger partial charge is 0.448 e. The summed E-state index contributed by atoms with van der Waals surface area (Å²) in [5.41, 5.74) is 3.34. The van der Waals surface area contributed by atoms with Crippen molar-refractivity contribution in [3.63, 3.8) is 0 Å². The van der Waals surface area contributed by atoms with Crippen molar-refractivity contribution in [3.05, 3.63) is 132 Å². The molecule has 0 aliphatic carbocycles. The van der Waals surface area contributed by atoms with Crippen LogP contribution in [0.25, 0.3) is 0 Å². The maximum atomic E-state index is 13.6. The second-order valence-electron chi connectivity index (χ2n) is 8.80. The Hall–Kier alpha value is -4.10. The van der Waals surface area contributed by atoms with Gasteiger partial charge in [0, 0.05) is 5.75 Å². The average molecular weight is 511 g/mol. The van der Waals surface area contributed by atoms with Gasteiger partial charge in [-0.25, -0.2) is 4.79 Å². The van der Waals surface area contributed by atoms with Crippen molar-refractivity contribution in [1.29, 1.82) is 0 Å². The Morgan fingerprint density at radius 2 is 1.54 bits per heavy atom. The summed E-state index contributed by atoms with van der Waals surface area (Å²) in [4.78, 5) is 40.9. The maximum absolute atomic E-state index is 13.6. The minimum Gasteiger partial charge on any atom is -0.448 e. The number of hydrogen-bond donors (Lipinski definition) is 1. The summed E-state index contributed by atoms with van der Waals surface area (Å²) < 4.78 is 6.06. The molecule has 3 aromatic carbocycles. The van der Waals surface area contributed by atoms with Gasteiger partial charge < -0.3 is 10.1 Å². The molecule has 1 N–H and O–H groups in total. The van der Waals surface area contributed by atoms with Crippen molar-refractivity contribution in [2.75, 3.05) is 5.75 Å². The van der Waals surface area contributed by atoms with Gasteiger partial charge in [0.1, 0.15) is 17.1 Å². The fraction of sp³-hybridized carbons (Fsp3) is 0.167. The molecular weight excluding hydrogens is 484 g/mol. The number of nitrogens with zero attached hydrogens (tertiary/aromatic N) is 1. The van der Waals surface area contributed by atoms with Crippen LogP contribution in [0.5, 0.6) is 0 Å². The summed E-state index contributed by atoms with van der Waals surface area (Å²) >= 11 is 1.49. The fourth-order valence-corrected chi connectivity index (χ4v) is 5.88. The molecule has 2 atom stereocenters. The third-order valence-electron chi connectivity index (χ3n) is 6.39. The predicted octanol–water partition coefficient (Wildman–Crippen LogP) is 4.40. The number of fused-ring (bicyclic) bond motifs is 1. The van der Waals surface area contributed by atoms with Crippen LogP contribution in [0.15, 0.2) is 115 Å². The molecule has 5 rings (SSSR count). The van der Waals surface area contributed by atoms with Crippen LogP contribution < -0.4 is 5.32 Å². The van der Waals surface area contributed by atoms with Crippen LogP contribution in [-0.4, -0.2) is 39.9 Å². The highest BCUT2D eigenvalue weighted by Gasteiger charge is 2.54. The number of allylic oxidation sites excluding steroid dienone is 1. The smallest absolute Gasteiger partial charge is 0.356 e. The highest BCUT2D eigenvalue weighted by molar-refractivity contribution is 8.00. The lowest BCUT2D eigenvalue weighted by molar-refractivity contribution is -0.154. The van der Waals surface area contributed by atoms with Crippen molar-refractivity contribution < 1.29 is 19.1 Å². The predicted molar refractivity (Wildman–Crippen MR) is 143 cm³/mol. The van der Waals surface area contributed by atoms with E-state index in [9.17, 15) is 14.4 Å². The van der Waals surface area contributed by atoms with Crippen LogP contribution in [0, 0.1) is 0 Å². The molecule has 186 valence electrons. The van der Waals surface area contributed by atoms with Gasteiger partial charge in [-0.05, 0) is 22.3 Å². The second-order valence-corrected chi connectivity index (χ2v) is 9.91. The molecule has 0 aromatic heterocycles. The molecule has 2 aliphatic heterocycles. The third kappa shape index (κ3) is 5.08. The van der Waals surface area contributed by atoms with Gasteiger partial charge in [0.05, 0.1) is 6.42 Å². The number of ether oxygens (including phenoxy) is 1. The molecule has 0 bridgehead atoms. The van der Waals surface area contributed by atoms with Crippen LogP contribution in [0.2, 0.25) is 0 Å². The van der Waals surface area contributed by atoms with Crippen molar-refractivity contribution >= 4 is 29.5 Å². The van der Waals surface area contributed by atoms with E-state index >= 15 is 0 Å². The molecule has 7 heteroatoms. The minimum atomic E-state index is -0.700. The Balaban J connectivity index is 1.35. The van der Waals surface area contributed by atoms with E-state index in [1.54, 1.807) is 6.08 Å². The zero-order valence-electron chi connectivity index (χ0n) is 20.1. The minimum absolute atomic E-state index is 0.181. The molecule has 2 heterocycles. The Morgan fingerprint density at radius 1 is 0.973 bits per heavy atom. The molecular formula is C30H26N2O4S. The quantitative estimate of drug-likeness (QED) is 0.359. The topological polar surface area (TPSA) is 75.7 Å². The number of benzene rings is 3. The number of hydrogen-bond acceptors (Lipinski definition) is 5. The van der Waals surface area contributed by atoms with E-state index in [0.29, 0.717) is 11.3 Å². The van der Waals surface area contributed by atoms with Crippen molar-refractivity contribution in [2.45, 2.75) is 23.9 Å². The first-order valence-electron chi connectivity index (χ1n) is 12.0. The van der Waals surface area contributed by atoms with Gasteiger partial charge in [-0.1, -0.05) is 104 Å². The second kappa shape index (κ2) is 10.9. The number of amides is 2. The SMILES string of the molecule is C=CC1=C(C(=O)OC(c2ccccc2)c2ccccc2)N2C(=O)C(NC(=O)Cc3ccccc3)[C@H]2SC1. The summed E-state index contributed by atoms with van der Waals surface area (Å²) in [5.74, 6) is -0.684. The number of rotatable bonds is 8. The zero-order chi connectivity index (χ0) is 25.8. The molecule has 1 fully saturated rings. The van der Waals surface area contributed by atoms with Crippen LogP contribution >= 0.6 is 11.8 Å². The van der Waals surface area contributed by atoms with Crippen molar-refractivity contribution in [3.8, 4) is 0 Å². The highest BCUT2D eigenvalue weighted by atomic mass is 32.2. The van der Waals surface area contributed by atoms with E-state index < -0.39 is 18.1 Å². The third-order valence-corrected chi connectivity index (χ3v) is 7.69. The van der Waals surface area contributed by atoms with E-state index in [1.165, 1.54) is 16.7 Å². The number of carbonyl (C=O) groups is 3. The molecule has 6 nitrogen and oxygen atoms in total. The lowest BCUT2D eigenvalue weighted by atomic mass is 10.0. The van der Waals surface area contributed by atoms with Gasteiger partial charge in [-0.15, -0.1) is 11.8 Å². The van der Waals surface area contributed by atoms with Crippen LogP contribution in [0.3, 0.4) is 0 Å². The maximum Gasteiger partial charge on any atom is 0.356 e. The van der Waals surface area contributed by atoms with Gasteiger partial charge in [-0.2, -0.15) is 0 Å². The van der Waals surface area contributed by atoms with E-state index in [4.69, 9.17) is 4.74 Å². The van der Waals surface area contributed by atoms with E-state index in [0.717, 1.165) is 16.7 Å².